The number of morpholine rings is 1. The fourth-order valence-corrected chi connectivity index (χ4v) is 1.85. The number of hydrogen-bond acceptors (Lipinski definition) is 5. The van der Waals surface area contributed by atoms with Crippen molar-refractivity contribution in [3.8, 4) is 0 Å². The number of anilines is 1. The van der Waals surface area contributed by atoms with E-state index in [1.165, 1.54) is 6.07 Å². The highest BCUT2D eigenvalue weighted by atomic mass is 19.4. The topological polar surface area (TPSA) is 67.6 Å². The van der Waals surface area contributed by atoms with Gasteiger partial charge in [-0.25, -0.2) is 5.01 Å². The molecule has 1 aliphatic heterocycles. The number of nitro groups is 1. The zero-order valence-corrected chi connectivity index (χ0v) is 10.3. The van der Waals surface area contributed by atoms with Gasteiger partial charge in [-0.15, -0.1) is 0 Å². The number of hydrazine groups is 1. The lowest BCUT2D eigenvalue weighted by molar-refractivity contribution is -0.388. The molecule has 1 saturated heterocycles. The summed E-state index contributed by atoms with van der Waals surface area (Å²) in [6, 6.07) is 2.85. The minimum absolute atomic E-state index is 0.157. The molecule has 0 aromatic heterocycles. The highest BCUT2D eigenvalue weighted by Crippen LogP contribution is 2.37. The van der Waals surface area contributed by atoms with Crippen molar-refractivity contribution in [3.63, 3.8) is 0 Å². The lowest BCUT2D eigenvalue weighted by atomic mass is 10.1. The van der Waals surface area contributed by atoms with E-state index in [4.69, 9.17) is 4.74 Å². The van der Waals surface area contributed by atoms with Gasteiger partial charge in [-0.2, -0.15) is 13.2 Å². The quantitative estimate of drug-likeness (QED) is 0.683. The summed E-state index contributed by atoms with van der Waals surface area (Å²) in [4.78, 5) is 9.59. The zero-order valence-electron chi connectivity index (χ0n) is 10.3. The largest absolute Gasteiger partial charge is 0.423 e. The molecule has 0 bridgehead atoms. The summed E-state index contributed by atoms with van der Waals surface area (Å²) in [6.07, 6.45) is -4.77. The van der Waals surface area contributed by atoms with E-state index >= 15 is 0 Å². The summed E-state index contributed by atoms with van der Waals surface area (Å²) < 4.78 is 43.5. The molecule has 6 nitrogen and oxygen atoms in total. The Balaban J connectivity index is 2.25. The molecule has 9 heteroatoms. The second-order valence-electron chi connectivity index (χ2n) is 4.20. The Kier molecular flexibility index (Phi) is 4.09. The van der Waals surface area contributed by atoms with E-state index in [0.29, 0.717) is 26.3 Å². The number of nitro benzene ring substituents is 1. The Morgan fingerprint density at radius 3 is 2.50 bits per heavy atom. The van der Waals surface area contributed by atoms with Crippen molar-refractivity contribution in [2.45, 2.75) is 6.18 Å². The van der Waals surface area contributed by atoms with Crippen LogP contribution in [0.3, 0.4) is 0 Å². The number of ether oxygens (including phenoxy) is 1. The first kappa shape index (κ1) is 14.5. The second kappa shape index (κ2) is 5.63. The van der Waals surface area contributed by atoms with Crippen LogP contribution >= 0.6 is 0 Å². The SMILES string of the molecule is O=[N+]([O-])c1ccc(NN2CCOCC2)cc1C(F)(F)F. The molecular formula is C11H12F3N3O3. The molecule has 0 amide bonds. The van der Waals surface area contributed by atoms with Crippen LogP contribution < -0.4 is 5.43 Å². The van der Waals surface area contributed by atoms with Crippen LogP contribution in [0, 0.1) is 10.1 Å². The highest BCUT2D eigenvalue weighted by Gasteiger charge is 2.38. The molecule has 1 heterocycles. The van der Waals surface area contributed by atoms with E-state index < -0.39 is 22.4 Å². The fourth-order valence-electron chi connectivity index (χ4n) is 1.85. The van der Waals surface area contributed by atoms with Crippen molar-refractivity contribution >= 4 is 11.4 Å². The lowest BCUT2D eigenvalue weighted by Crippen LogP contribution is -2.40. The Morgan fingerprint density at radius 2 is 1.95 bits per heavy atom. The van der Waals surface area contributed by atoms with E-state index in [2.05, 4.69) is 5.43 Å². The van der Waals surface area contributed by atoms with Gasteiger partial charge in [0.2, 0.25) is 0 Å². The number of alkyl halides is 3. The van der Waals surface area contributed by atoms with E-state index in [1.54, 1.807) is 5.01 Å². The minimum atomic E-state index is -4.77. The molecule has 110 valence electrons. The third-order valence-electron chi connectivity index (χ3n) is 2.80. The summed E-state index contributed by atoms with van der Waals surface area (Å²) in [5.74, 6) is 0. The molecule has 2 rings (SSSR count). The van der Waals surface area contributed by atoms with Crippen LogP contribution in [0.25, 0.3) is 0 Å². The van der Waals surface area contributed by atoms with Crippen molar-refractivity contribution < 1.29 is 22.8 Å². The molecule has 1 aliphatic rings. The van der Waals surface area contributed by atoms with E-state index in [0.717, 1.165) is 12.1 Å². The highest BCUT2D eigenvalue weighted by molar-refractivity contribution is 5.54. The Labute approximate surface area is 112 Å². The van der Waals surface area contributed by atoms with Gasteiger partial charge in [0.1, 0.15) is 5.56 Å². The normalized spacial score (nSPS) is 16.9. The summed E-state index contributed by atoms with van der Waals surface area (Å²) >= 11 is 0. The maximum absolute atomic E-state index is 12.8. The van der Waals surface area contributed by atoms with E-state index in [-0.39, 0.29) is 5.69 Å². The number of hydrogen-bond donors (Lipinski definition) is 1. The maximum atomic E-state index is 12.8. The average Bonchev–Trinajstić information content (AvgIpc) is 2.38. The molecule has 0 aliphatic carbocycles. The maximum Gasteiger partial charge on any atom is 0.423 e. The monoisotopic (exact) mass is 291 g/mol. The molecule has 0 spiro atoms. The number of nitrogens with zero attached hydrogens (tertiary/aromatic N) is 2. The predicted octanol–water partition coefficient (Wildman–Crippen LogP) is 2.27. The first-order valence-corrected chi connectivity index (χ1v) is 5.83. The van der Waals surface area contributed by atoms with Crippen LogP contribution in [0.4, 0.5) is 24.5 Å². The molecule has 1 aromatic carbocycles. The molecule has 1 fully saturated rings. The summed E-state index contributed by atoms with van der Waals surface area (Å²) in [5.41, 5.74) is 0.731. The number of nitrogens with one attached hydrogen (secondary N) is 1. The van der Waals surface area contributed by atoms with Gasteiger partial charge in [-0.3, -0.25) is 10.1 Å². The first-order valence-electron chi connectivity index (χ1n) is 5.83. The van der Waals surface area contributed by atoms with Crippen LogP contribution in [0.15, 0.2) is 18.2 Å². The summed E-state index contributed by atoms with van der Waals surface area (Å²) in [5, 5.41) is 12.3. The van der Waals surface area contributed by atoms with Crippen molar-refractivity contribution in [2.75, 3.05) is 31.7 Å². The predicted molar refractivity (Wildman–Crippen MR) is 64.1 cm³/mol. The smallest absolute Gasteiger partial charge is 0.379 e. The van der Waals surface area contributed by atoms with Gasteiger partial charge < -0.3 is 10.2 Å². The third-order valence-corrected chi connectivity index (χ3v) is 2.80. The standard InChI is InChI=1S/C11H12F3N3O3/c12-11(13,14)9-7-8(1-2-10(9)17(18)19)15-16-3-5-20-6-4-16/h1-2,7,15H,3-6H2. The molecular weight excluding hydrogens is 279 g/mol. The molecule has 0 unspecified atom stereocenters. The summed E-state index contributed by atoms with van der Waals surface area (Å²) in [6.45, 7) is 2.01. The molecule has 0 atom stereocenters. The van der Waals surface area contributed by atoms with Crippen LogP contribution in [0.5, 0.6) is 0 Å². The van der Waals surface area contributed by atoms with Gasteiger partial charge in [-0.05, 0) is 12.1 Å². The van der Waals surface area contributed by atoms with Crippen molar-refractivity contribution in [1.82, 2.24) is 5.01 Å². The Morgan fingerprint density at radius 1 is 1.30 bits per heavy atom. The van der Waals surface area contributed by atoms with Gasteiger partial charge in [-0.1, -0.05) is 0 Å². The van der Waals surface area contributed by atoms with Gasteiger partial charge >= 0.3 is 6.18 Å². The summed E-state index contributed by atoms with van der Waals surface area (Å²) in [7, 11) is 0. The number of benzene rings is 1. The second-order valence-corrected chi connectivity index (χ2v) is 4.20. The molecule has 0 radical (unpaired) electrons. The van der Waals surface area contributed by atoms with E-state index in [1.807, 2.05) is 0 Å². The number of halogens is 3. The van der Waals surface area contributed by atoms with E-state index in [9.17, 15) is 23.3 Å². The first-order chi connectivity index (χ1) is 9.38. The Bertz CT molecular complexity index is 501. The van der Waals surface area contributed by atoms with Gasteiger partial charge in [0.05, 0.1) is 23.8 Å². The van der Waals surface area contributed by atoms with Crippen LogP contribution in [0.2, 0.25) is 0 Å². The van der Waals surface area contributed by atoms with Crippen molar-refractivity contribution in [1.29, 1.82) is 0 Å². The van der Waals surface area contributed by atoms with Crippen LogP contribution in [-0.4, -0.2) is 36.2 Å². The molecule has 1 aromatic rings. The molecule has 0 saturated carbocycles. The molecule has 1 N–H and O–H groups in total. The zero-order chi connectivity index (χ0) is 14.8. The average molecular weight is 291 g/mol. The minimum Gasteiger partial charge on any atom is -0.379 e. The van der Waals surface area contributed by atoms with Crippen LogP contribution in [0.1, 0.15) is 5.56 Å². The Hall–Kier alpha value is -1.87. The fraction of sp³-hybridized carbons (Fsp3) is 0.455. The van der Waals surface area contributed by atoms with Crippen molar-refractivity contribution in [2.24, 2.45) is 0 Å². The van der Waals surface area contributed by atoms with Gasteiger partial charge in [0.15, 0.2) is 0 Å². The van der Waals surface area contributed by atoms with Crippen molar-refractivity contribution in [3.05, 3.63) is 33.9 Å². The van der Waals surface area contributed by atoms with Crippen LogP contribution in [-0.2, 0) is 10.9 Å². The molecule has 20 heavy (non-hydrogen) atoms. The lowest BCUT2D eigenvalue weighted by Gasteiger charge is -2.28. The third kappa shape index (κ3) is 3.36. The number of rotatable bonds is 3. The van der Waals surface area contributed by atoms with Gasteiger partial charge in [0.25, 0.3) is 5.69 Å². The van der Waals surface area contributed by atoms with Gasteiger partial charge in [0, 0.05) is 19.2 Å².